The van der Waals surface area contributed by atoms with E-state index in [2.05, 4.69) is 77.9 Å². The summed E-state index contributed by atoms with van der Waals surface area (Å²) in [5, 5.41) is 21.1. The Morgan fingerprint density at radius 3 is 2.16 bits per heavy atom. The third-order valence-electron chi connectivity index (χ3n) is 8.79. The van der Waals surface area contributed by atoms with Gasteiger partial charge in [-0.05, 0) is 59.3 Å². The van der Waals surface area contributed by atoms with Crippen molar-refractivity contribution < 1.29 is 29.4 Å². The summed E-state index contributed by atoms with van der Waals surface area (Å²) in [4.78, 5) is 25.7. The van der Waals surface area contributed by atoms with Crippen LogP contribution in [0.5, 0.6) is 0 Å². The molecule has 1 aliphatic heterocycles. The summed E-state index contributed by atoms with van der Waals surface area (Å²) in [5.74, 6) is -0.433. The Bertz CT molecular complexity index is 1610. The molecule has 9 heteroatoms. The minimum atomic E-state index is -0.533. The van der Waals surface area contributed by atoms with Crippen molar-refractivity contribution in [3.8, 4) is 11.1 Å². The lowest BCUT2D eigenvalue weighted by Gasteiger charge is -2.38. The van der Waals surface area contributed by atoms with Crippen LogP contribution in [0.3, 0.4) is 0 Å². The van der Waals surface area contributed by atoms with E-state index in [1.165, 1.54) is 5.56 Å². The van der Waals surface area contributed by atoms with Crippen molar-refractivity contribution in [2.24, 2.45) is 0 Å². The summed E-state index contributed by atoms with van der Waals surface area (Å²) in [6.07, 6.45) is 2.70. The number of benzene rings is 4. The zero-order valence-corrected chi connectivity index (χ0v) is 28.1. The van der Waals surface area contributed by atoms with E-state index >= 15 is 0 Å². The summed E-state index contributed by atoms with van der Waals surface area (Å²) in [7, 11) is 2.12. The van der Waals surface area contributed by atoms with Gasteiger partial charge >= 0.3 is 0 Å². The monoisotopic (exact) mass is 665 g/mol. The van der Waals surface area contributed by atoms with Crippen LogP contribution in [0.4, 0.5) is 0 Å². The molecule has 1 heterocycles. The number of hydroxylamine groups is 1. The highest BCUT2D eigenvalue weighted by molar-refractivity contribution is 5.76. The number of hydrogen-bond acceptors (Lipinski definition) is 7. The smallest absolute Gasteiger partial charge is 0.243 e. The molecule has 0 saturated carbocycles. The number of amides is 2. The highest BCUT2D eigenvalue weighted by Crippen LogP contribution is 2.38. The number of likely N-dealkylation sites (N-methyl/N-ethyl adjacent to an activating group) is 1. The predicted octanol–water partition coefficient (Wildman–Crippen LogP) is 6.60. The lowest BCUT2D eigenvalue weighted by molar-refractivity contribution is -0.252. The van der Waals surface area contributed by atoms with Crippen LogP contribution in [-0.4, -0.2) is 46.7 Å². The zero-order valence-electron chi connectivity index (χ0n) is 28.1. The Morgan fingerprint density at radius 1 is 0.755 bits per heavy atom. The minimum Gasteiger partial charge on any atom is -0.392 e. The Balaban J connectivity index is 1.21. The molecule has 2 amide bonds. The third-order valence-corrected chi connectivity index (χ3v) is 8.79. The highest BCUT2D eigenvalue weighted by atomic mass is 16.7. The van der Waals surface area contributed by atoms with Crippen LogP contribution in [0.25, 0.3) is 11.1 Å². The number of nitrogens with zero attached hydrogens (tertiary/aromatic N) is 1. The maximum Gasteiger partial charge on any atom is 0.243 e. The maximum atomic E-state index is 12.4. The van der Waals surface area contributed by atoms with Crippen LogP contribution in [-0.2, 0) is 38.8 Å². The number of carbonyl (C=O) groups is 2. The van der Waals surface area contributed by atoms with E-state index in [0.717, 1.165) is 59.3 Å². The van der Waals surface area contributed by atoms with Gasteiger partial charge in [-0.15, -0.1) is 0 Å². The zero-order chi connectivity index (χ0) is 34.4. The fraction of sp³-hybridized carbons (Fsp3) is 0.350. The molecule has 0 radical (unpaired) electrons. The normalized spacial score (nSPS) is 17.5. The van der Waals surface area contributed by atoms with Gasteiger partial charge in [0.2, 0.25) is 11.8 Å². The number of aliphatic hydroxyl groups excluding tert-OH is 1. The first-order valence-electron chi connectivity index (χ1n) is 17.0. The van der Waals surface area contributed by atoms with Gasteiger partial charge in [0.15, 0.2) is 6.29 Å². The molecule has 3 unspecified atom stereocenters. The van der Waals surface area contributed by atoms with Crippen molar-refractivity contribution >= 4 is 11.8 Å². The number of hydrogen-bond donors (Lipinski definition) is 4. The number of ether oxygens (including phenoxy) is 2. The summed E-state index contributed by atoms with van der Waals surface area (Å²) >= 11 is 0. The predicted molar refractivity (Wildman–Crippen MR) is 188 cm³/mol. The molecule has 1 aliphatic rings. The average molecular weight is 666 g/mol. The third kappa shape index (κ3) is 11.1. The van der Waals surface area contributed by atoms with Crippen LogP contribution >= 0.6 is 0 Å². The number of rotatable bonds is 16. The summed E-state index contributed by atoms with van der Waals surface area (Å²) in [5.41, 5.74) is 8.86. The molecule has 5 rings (SSSR count). The van der Waals surface area contributed by atoms with E-state index in [-0.39, 0.29) is 31.1 Å². The Hall–Kier alpha value is -4.38. The van der Waals surface area contributed by atoms with Gasteiger partial charge in [0, 0.05) is 44.5 Å². The fourth-order valence-electron chi connectivity index (χ4n) is 6.13. The number of unbranched alkanes of at least 4 members (excludes halogenated alkanes) is 2. The molecule has 49 heavy (non-hydrogen) atoms. The Kier molecular flexibility index (Phi) is 13.5. The SMILES string of the molecule is CN(Cc1ccccc1)CC1CC(c2ccc(CO)cc2)OC(c2ccc(-c3cccc(CNC(=O)CCCCCC(=O)NO)c3)cc2)O1. The molecule has 258 valence electrons. The molecule has 4 N–H and O–H groups in total. The molecular formula is C40H47N3O6. The van der Waals surface area contributed by atoms with Crippen molar-refractivity contribution in [2.75, 3.05) is 13.6 Å². The first-order chi connectivity index (χ1) is 23.9. The molecule has 0 aliphatic carbocycles. The van der Waals surface area contributed by atoms with E-state index < -0.39 is 12.2 Å². The molecule has 0 spiro atoms. The lowest BCUT2D eigenvalue weighted by Crippen LogP contribution is -2.37. The molecule has 0 aromatic heterocycles. The molecule has 1 fully saturated rings. The van der Waals surface area contributed by atoms with Crippen LogP contribution in [0, 0.1) is 0 Å². The van der Waals surface area contributed by atoms with Gasteiger partial charge in [-0.25, -0.2) is 5.48 Å². The number of aliphatic hydroxyl groups is 1. The molecule has 4 aromatic rings. The molecular weight excluding hydrogens is 618 g/mol. The second-order valence-electron chi connectivity index (χ2n) is 12.7. The van der Waals surface area contributed by atoms with E-state index in [4.69, 9.17) is 14.7 Å². The van der Waals surface area contributed by atoms with E-state index in [0.29, 0.717) is 25.8 Å². The number of nitrogens with one attached hydrogen (secondary N) is 2. The molecule has 3 atom stereocenters. The summed E-state index contributed by atoms with van der Waals surface area (Å²) < 4.78 is 13.1. The Morgan fingerprint density at radius 2 is 1.45 bits per heavy atom. The van der Waals surface area contributed by atoms with Crippen molar-refractivity contribution in [1.82, 2.24) is 15.7 Å². The van der Waals surface area contributed by atoms with Crippen molar-refractivity contribution in [3.05, 3.63) is 131 Å². The lowest BCUT2D eigenvalue weighted by atomic mass is 9.99. The van der Waals surface area contributed by atoms with Crippen LogP contribution in [0.15, 0.2) is 103 Å². The van der Waals surface area contributed by atoms with Crippen molar-refractivity contribution in [1.29, 1.82) is 0 Å². The molecule has 9 nitrogen and oxygen atoms in total. The first kappa shape index (κ1) is 35.9. The quantitative estimate of drug-likeness (QED) is 0.0605. The largest absolute Gasteiger partial charge is 0.392 e. The highest BCUT2D eigenvalue weighted by Gasteiger charge is 2.32. The second kappa shape index (κ2) is 18.4. The summed E-state index contributed by atoms with van der Waals surface area (Å²) in [6, 6.07) is 34.8. The van der Waals surface area contributed by atoms with Gasteiger partial charge in [-0.3, -0.25) is 19.7 Å². The topological polar surface area (TPSA) is 120 Å². The van der Waals surface area contributed by atoms with Crippen LogP contribution < -0.4 is 10.8 Å². The average Bonchev–Trinajstić information content (AvgIpc) is 3.14. The maximum absolute atomic E-state index is 12.4. The molecule has 1 saturated heterocycles. The second-order valence-corrected chi connectivity index (χ2v) is 12.7. The van der Waals surface area contributed by atoms with Crippen LogP contribution in [0.1, 0.15) is 78.7 Å². The van der Waals surface area contributed by atoms with Gasteiger partial charge in [-0.2, -0.15) is 0 Å². The molecule has 4 aromatic carbocycles. The minimum absolute atomic E-state index is 0.00481. The van der Waals surface area contributed by atoms with Crippen molar-refractivity contribution in [2.45, 2.75) is 76.7 Å². The number of carbonyl (C=O) groups excluding carboxylic acids is 2. The van der Waals surface area contributed by atoms with Gasteiger partial charge in [0.05, 0.1) is 18.8 Å². The molecule has 0 bridgehead atoms. The van der Waals surface area contributed by atoms with Crippen molar-refractivity contribution in [3.63, 3.8) is 0 Å². The van der Waals surface area contributed by atoms with E-state index in [9.17, 15) is 14.7 Å². The van der Waals surface area contributed by atoms with Crippen LogP contribution in [0.2, 0.25) is 0 Å². The Labute approximate surface area is 288 Å². The van der Waals surface area contributed by atoms with E-state index in [1.807, 2.05) is 42.5 Å². The summed E-state index contributed by atoms with van der Waals surface area (Å²) in [6.45, 7) is 2.02. The van der Waals surface area contributed by atoms with Gasteiger partial charge < -0.3 is 19.9 Å². The first-order valence-corrected chi connectivity index (χ1v) is 17.0. The van der Waals surface area contributed by atoms with Gasteiger partial charge in [-0.1, -0.05) is 103 Å². The fourth-order valence-corrected chi connectivity index (χ4v) is 6.13. The van der Waals surface area contributed by atoms with Gasteiger partial charge in [0.1, 0.15) is 0 Å². The van der Waals surface area contributed by atoms with Gasteiger partial charge in [0.25, 0.3) is 0 Å². The van der Waals surface area contributed by atoms with E-state index in [1.54, 1.807) is 5.48 Å². The standard InChI is InChI=1S/C40H47N3O6/c1-43(26-29-9-4-2-5-10-29)27-36-24-37(33-17-15-30(28-44)16-18-33)49-40(48-36)34-21-19-32(20-22-34)35-12-8-11-31(23-35)25-41-38(45)13-6-3-7-14-39(46)42-47/h2,4-5,8-12,15-23,36-37,40,44,47H,3,6-7,13-14,24-28H2,1H3,(H,41,45)(H,42,46).